The molecule has 0 saturated heterocycles. The van der Waals surface area contributed by atoms with Crippen molar-refractivity contribution in [3.05, 3.63) is 23.6 Å². The van der Waals surface area contributed by atoms with Crippen molar-refractivity contribution in [3.63, 3.8) is 0 Å². The zero-order valence-corrected chi connectivity index (χ0v) is 10.7. The van der Waals surface area contributed by atoms with Crippen LogP contribution in [0.25, 0.3) is 0 Å². The topological polar surface area (TPSA) is 115 Å². The molecule has 2 rings (SSSR count). The lowest BCUT2D eigenvalue weighted by Crippen LogP contribution is -2.17. The van der Waals surface area contributed by atoms with Crippen molar-refractivity contribution >= 4 is 5.97 Å². The predicted octanol–water partition coefficient (Wildman–Crippen LogP) is 0.946. The summed E-state index contributed by atoms with van der Waals surface area (Å²) in [6.45, 7) is 3.35. The molecule has 1 N–H and O–H groups in total. The minimum Gasteiger partial charge on any atom is -0.481 e. The highest BCUT2D eigenvalue weighted by molar-refractivity contribution is 5.70. The van der Waals surface area contributed by atoms with Crippen LogP contribution in [0.15, 0.2) is 8.83 Å². The normalized spacial score (nSPS) is 12.5. The van der Waals surface area contributed by atoms with Gasteiger partial charge in [-0.15, -0.1) is 20.4 Å². The lowest BCUT2D eigenvalue weighted by Gasteiger charge is -2.07. The van der Waals surface area contributed by atoms with E-state index >= 15 is 0 Å². The fourth-order valence-corrected chi connectivity index (χ4v) is 1.68. The highest BCUT2D eigenvalue weighted by atomic mass is 16.4. The van der Waals surface area contributed by atoms with Gasteiger partial charge < -0.3 is 13.9 Å². The van der Waals surface area contributed by atoms with E-state index in [-0.39, 0.29) is 6.42 Å². The minimum atomic E-state index is -0.910. The molecular formula is C11H14N4O4. The molecule has 0 saturated carbocycles. The van der Waals surface area contributed by atoms with Gasteiger partial charge in [0.2, 0.25) is 23.6 Å². The molecule has 8 heteroatoms. The molecule has 1 atom stereocenters. The zero-order valence-electron chi connectivity index (χ0n) is 10.7. The first-order valence-electron chi connectivity index (χ1n) is 5.85. The summed E-state index contributed by atoms with van der Waals surface area (Å²) >= 11 is 0. The maximum absolute atomic E-state index is 11.2. The minimum absolute atomic E-state index is 0.198. The Morgan fingerprint density at radius 3 is 2.16 bits per heavy atom. The Labute approximate surface area is 108 Å². The number of carboxylic acids is 1. The lowest BCUT2D eigenvalue weighted by molar-refractivity contribution is -0.142. The van der Waals surface area contributed by atoms with E-state index in [0.29, 0.717) is 36.4 Å². The van der Waals surface area contributed by atoms with Crippen molar-refractivity contribution in [1.29, 1.82) is 0 Å². The number of aliphatic carboxylic acids is 1. The average molecular weight is 266 g/mol. The number of carboxylic acid groups (broad SMARTS) is 1. The third-order valence-electron chi connectivity index (χ3n) is 2.61. The number of rotatable bonds is 6. The lowest BCUT2D eigenvalue weighted by atomic mass is 9.99. The van der Waals surface area contributed by atoms with Gasteiger partial charge >= 0.3 is 5.97 Å². The van der Waals surface area contributed by atoms with Crippen molar-refractivity contribution in [3.8, 4) is 0 Å². The van der Waals surface area contributed by atoms with E-state index < -0.39 is 11.9 Å². The Balaban J connectivity index is 1.94. The molecule has 0 aromatic carbocycles. The van der Waals surface area contributed by atoms with E-state index in [1.807, 2.05) is 0 Å². The second-order valence-electron chi connectivity index (χ2n) is 4.21. The quantitative estimate of drug-likeness (QED) is 0.821. The van der Waals surface area contributed by atoms with E-state index in [0.717, 1.165) is 0 Å². The number of aryl methyl sites for hydroxylation is 3. The van der Waals surface area contributed by atoms with Crippen molar-refractivity contribution in [2.75, 3.05) is 0 Å². The summed E-state index contributed by atoms with van der Waals surface area (Å²) in [5.74, 6) is 0.122. The molecule has 0 aliphatic rings. The SMILES string of the molecule is Cc1nnc(CCC(Cc2nnc(C)o2)C(=O)O)o1. The monoisotopic (exact) mass is 266 g/mol. The van der Waals surface area contributed by atoms with E-state index in [9.17, 15) is 4.79 Å². The third kappa shape index (κ3) is 3.60. The van der Waals surface area contributed by atoms with Crippen LogP contribution < -0.4 is 0 Å². The molecule has 0 spiro atoms. The van der Waals surface area contributed by atoms with Crippen LogP contribution in [0.2, 0.25) is 0 Å². The third-order valence-corrected chi connectivity index (χ3v) is 2.61. The second kappa shape index (κ2) is 5.59. The van der Waals surface area contributed by atoms with Gasteiger partial charge in [-0.3, -0.25) is 4.79 Å². The van der Waals surface area contributed by atoms with Crippen LogP contribution in [-0.4, -0.2) is 31.5 Å². The van der Waals surface area contributed by atoms with Crippen molar-refractivity contribution in [2.24, 2.45) is 5.92 Å². The Hall–Kier alpha value is -2.25. The summed E-state index contributed by atoms with van der Waals surface area (Å²) in [6.07, 6.45) is 0.979. The summed E-state index contributed by atoms with van der Waals surface area (Å²) in [5, 5.41) is 24.2. The summed E-state index contributed by atoms with van der Waals surface area (Å²) in [4.78, 5) is 11.2. The average Bonchev–Trinajstić information content (AvgIpc) is 2.93. The number of nitrogens with zero attached hydrogens (tertiary/aromatic N) is 4. The van der Waals surface area contributed by atoms with Crippen LogP contribution in [0.5, 0.6) is 0 Å². The van der Waals surface area contributed by atoms with E-state index in [1.54, 1.807) is 13.8 Å². The molecular weight excluding hydrogens is 252 g/mol. The summed E-state index contributed by atoms with van der Waals surface area (Å²) in [6, 6.07) is 0. The summed E-state index contributed by atoms with van der Waals surface area (Å²) < 4.78 is 10.4. The number of carbonyl (C=O) groups is 1. The highest BCUT2D eigenvalue weighted by Crippen LogP contribution is 2.15. The standard InChI is InChI=1S/C11H14N4O4/c1-6-12-14-9(18-6)4-3-8(11(16)17)5-10-15-13-7(2)19-10/h8H,3-5H2,1-2H3,(H,16,17). The molecule has 19 heavy (non-hydrogen) atoms. The summed E-state index contributed by atoms with van der Waals surface area (Å²) in [5.41, 5.74) is 0. The molecule has 0 amide bonds. The first kappa shape index (κ1) is 13.2. The first-order chi connectivity index (χ1) is 9.04. The Morgan fingerprint density at radius 2 is 1.68 bits per heavy atom. The molecule has 0 bridgehead atoms. The largest absolute Gasteiger partial charge is 0.481 e. The first-order valence-corrected chi connectivity index (χ1v) is 5.85. The van der Waals surface area contributed by atoms with Crippen LogP contribution in [-0.2, 0) is 17.6 Å². The molecule has 0 radical (unpaired) electrons. The van der Waals surface area contributed by atoms with E-state index in [4.69, 9.17) is 13.9 Å². The number of hydrogen-bond donors (Lipinski definition) is 1. The van der Waals surface area contributed by atoms with Crippen molar-refractivity contribution in [1.82, 2.24) is 20.4 Å². The molecule has 0 fully saturated rings. The Morgan fingerprint density at radius 1 is 1.11 bits per heavy atom. The molecule has 0 aliphatic carbocycles. The van der Waals surface area contributed by atoms with E-state index in [1.165, 1.54) is 0 Å². The van der Waals surface area contributed by atoms with Crippen LogP contribution in [0.4, 0.5) is 0 Å². The molecule has 0 aliphatic heterocycles. The van der Waals surface area contributed by atoms with Crippen LogP contribution in [0.3, 0.4) is 0 Å². The maximum atomic E-state index is 11.2. The van der Waals surface area contributed by atoms with Gasteiger partial charge in [-0.05, 0) is 6.42 Å². The van der Waals surface area contributed by atoms with Crippen LogP contribution in [0.1, 0.15) is 30.0 Å². The molecule has 2 aromatic rings. The fourth-order valence-electron chi connectivity index (χ4n) is 1.68. The Bertz CT molecular complexity index is 563. The number of aromatic nitrogens is 4. The molecule has 2 aromatic heterocycles. The molecule has 8 nitrogen and oxygen atoms in total. The number of hydrogen-bond acceptors (Lipinski definition) is 7. The van der Waals surface area contributed by atoms with Gasteiger partial charge in [-0.25, -0.2) is 0 Å². The van der Waals surface area contributed by atoms with Gasteiger partial charge in [0.25, 0.3) is 0 Å². The van der Waals surface area contributed by atoms with Crippen LogP contribution in [0, 0.1) is 19.8 Å². The molecule has 102 valence electrons. The highest BCUT2D eigenvalue weighted by Gasteiger charge is 2.22. The molecule has 1 unspecified atom stereocenters. The summed E-state index contributed by atoms with van der Waals surface area (Å²) in [7, 11) is 0. The van der Waals surface area contributed by atoms with Gasteiger partial charge in [0.1, 0.15) is 0 Å². The predicted molar refractivity (Wildman–Crippen MR) is 61.2 cm³/mol. The van der Waals surface area contributed by atoms with Gasteiger partial charge in [0, 0.05) is 26.7 Å². The van der Waals surface area contributed by atoms with Crippen LogP contribution >= 0.6 is 0 Å². The van der Waals surface area contributed by atoms with Crippen molar-refractivity contribution in [2.45, 2.75) is 33.1 Å². The smallest absolute Gasteiger partial charge is 0.307 e. The zero-order chi connectivity index (χ0) is 13.8. The van der Waals surface area contributed by atoms with Gasteiger partial charge in [0.15, 0.2) is 0 Å². The van der Waals surface area contributed by atoms with Gasteiger partial charge in [-0.2, -0.15) is 0 Å². The van der Waals surface area contributed by atoms with Crippen molar-refractivity contribution < 1.29 is 18.7 Å². The second-order valence-corrected chi connectivity index (χ2v) is 4.21. The van der Waals surface area contributed by atoms with E-state index in [2.05, 4.69) is 20.4 Å². The van der Waals surface area contributed by atoms with Gasteiger partial charge in [-0.1, -0.05) is 0 Å². The van der Waals surface area contributed by atoms with Gasteiger partial charge in [0.05, 0.1) is 5.92 Å². The fraction of sp³-hybridized carbons (Fsp3) is 0.545. The molecule has 2 heterocycles. The maximum Gasteiger partial charge on any atom is 0.307 e. The Kier molecular flexibility index (Phi) is 3.88.